The molecule has 0 radical (unpaired) electrons. The summed E-state index contributed by atoms with van der Waals surface area (Å²) in [5, 5.41) is 10.6. The van der Waals surface area contributed by atoms with Crippen LogP contribution in [0.15, 0.2) is 24.4 Å². The maximum absolute atomic E-state index is 12.4. The lowest BCUT2D eigenvalue weighted by Crippen LogP contribution is -2.23. The second-order valence-electron chi connectivity index (χ2n) is 5.38. The van der Waals surface area contributed by atoms with Crippen molar-refractivity contribution >= 4 is 11.6 Å². The summed E-state index contributed by atoms with van der Waals surface area (Å²) in [4.78, 5) is 12.4. The van der Waals surface area contributed by atoms with Crippen molar-refractivity contribution < 1.29 is 4.79 Å². The fraction of sp³-hybridized carbons (Fsp3) is 0.375. The number of anilines is 1. The van der Waals surface area contributed by atoms with Gasteiger partial charge in [-0.1, -0.05) is 13.0 Å². The van der Waals surface area contributed by atoms with Crippen LogP contribution in [0, 0.1) is 0 Å². The lowest BCUT2D eigenvalue weighted by molar-refractivity contribution is 0.102. The number of benzene rings is 1. The van der Waals surface area contributed by atoms with Gasteiger partial charge < -0.3 is 10.6 Å². The average molecular weight is 284 g/mol. The Kier molecular flexibility index (Phi) is 3.75. The zero-order chi connectivity index (χ0) is 14.8. The summed E-state index contributed by atoms with van der Waals surface area (Å²) in [7, 11) is 1.83. The van der Waals surface area contributed by atoms with E-state index >= 15 is 0 Å². The highest BCUT2D eigenvalue weighted by Gasteiger charge is 2.15. The minimum atomic E-state index is -0.0938. The van der Waals surface area contributed by atoms with E-state index in [9.17, 15) is 4.79 Å². The van der Waals surface area contributed by atoms with Gasteiger partial charge in [-0.2, -0.15) is 5.10 Å². The third-order valence-corrected chi connectivity index (χ3v) is 3.84. The molecule has 1 aliphatic heterocycles. The number of carbonyl (C=O) groups is 1. The summed E-state index contributed by atoms with van der Waals surface area (Å²) in [5.41, 5.74) is 4.95. The van der Waals surface area contributed by atoms with E-state index in [-0.39, 0.29) is 5.91 Å². The van der Waals surface area contributed by atoms with Gasteiger partial charge in [-0.05, 0) is 42.6 Å². The van der Waals surface area contributed by atoms with E-state index in [4.69, 9.17) is 0 Å². The number of nitrogens with zero attached hydrogens (tertiary/aromatic N) is 2. The Morgan fingerprint density at radius 1 is 1.43 bits per heavy atom. The summed E-state index contributed by atoms with van der Waals surface area (Å²) in [6.07, 6.45) is 3.57. The molecule has 0 unspecified atom stereocenters. The van der Waals surface area contributed by atoms with Gasteiger partial charge in [0.1, 0.15) is 0 Å². The summed E-state index contributed by atoms with van der Waals surface area (Å²) in [5.74, 6) is -0.0938. The van der Waals surface area contributed by atoms with Crippen LogP contribution in [-0.2, 0) is 26.4 Å². The first-order valence-corrected chi connectivity index (χ1v) is 7.33. The van der Waals surface area contributed by atoms with Crippen LogP contribution in [0.5, 0.6) is 0 Å². The Balaban J connectivity index is 1.81. The smallest absolute Gasteiger partial charge is 0.259 e. The highest BCUT2D eigenvalue weighted by Crippen LogP contribution is 2.20. The Labute approximate surface area is 124 Å². The number of amides is 1. The van der Waals surface area contributed by atoms with Crippen LogP contribution >= 0.6 is 0 Å². The van der Waals surface area contributed by atoms with Gasteiger partial charge >= 0.3 is 0 Å². The van der Waals surface area contributed by atoms with Gasteiger partial charge in [0.05, 0.1) is 11.3 Å². The normalized spacial score (nSPS) is 13.8. The van der Waals surface area contributed by atoms with Crippen molar-refractivity contribution in [2.75, 3.05) is 11.9 Å². The van der Waals surface area contributed by atoms with Crippen LogP contribution in [-0.4, -0.2) is 22.2 Å². The molecule has 0 bridgehead atoms. The number of rotatable bonds is 3. The molecule has 21 heavy (non-hydrogen) atoms. The number of fused-ring (bicyclic) bond motifs is 1. The molecule has 0 fully saturated rings. The van der Waals surface area contributed by atoms with Gasteiger partial charge in [-0.15, -0.1) is 0 Å². The number of nitrogens with one attached hydrogen (secondary N) is 2. The van der Waals surface area contributed by atoms with E-state index < -0.39 is 0 Å². The zero-order valence-electron chi connectivity index (χ0n) is 12.4. The second-order valence-corrected chi connectivity index (χ2v) is 5.38. The number of carbonyl (C=O) groups excluding carboxylic acids is 1. The maximum Gasteiger partial charge on any atom is 0.259 e. The van der Waals surface area contributed by atoms with E-state index in [2.05, 4.69) is 27.9 Å². The number of aryl methyl sites for hydroxylation is 2. The second kappa shape index (κ2) is 5.69. The molecule has 1 aliphatic rings. The first-order chi connectivity index (χ1) is 10.2. The van der Waals surface area contributed by atoms with E-state index in [1.165, 1.54) is 11.1 Å². The zero-order valence-corrected chi connectivity index (χ0v) is 12.4. The van der Waals surface area contributed by atoms with Crippen molar-refractivity contribution in [1.82, 2.24) is 15.1 Å². The number of aromatic nitrogens is 2. The molecule has 1 aromatic carbocycles. The summed E-state index contributed by atoms with van der Waals surface area (Å²) in [6, 6.07) is 6.14. The molecule has 0 atom stereocenters. The monoisotopic (exact) mass is 284 g/mol. The van der Waals surface area contributed by atoms with E-state index in [0.29, 0.717) is 5.56 Å². The van der Waals surface area contributed by atoms with Crippen LogP contribution in [0.4, 0.5) is 5.69 Å². The SMILES string of the molecule is CCc1nn(C)cc1C(=O)Nc1ccc2c(c1)CNCC2. The van der Waals surface area contributed by atoms with Gasteiger partial charge in [-0.25, -0.2) is 0 Å². The Bertz CT molecular complexity index is 675. The molecular formula is C16H20N4O. The largest absolute Gasteiger partial charge is 0.322 e. The predicted octanol–water partition coefficient (Wildman–Crippen LogP) is 1.88. The molecular weight excluding hydrogens is 264 g/mol. The molecule has 2 N–H and O–H groups in total. The molecule has 1 amide bonds. The third-order valence-electron chi connectivity index (χ3n) is 3.84. The van der Waals surface area contributed by atoms with Gasteiger partial charge in [0, 0.05) is 25.5 Å². The Morgan fingerprint density at radius 2 is 2.29 bits per heavy atom. The average Bonchev–Trinajstić information content (AvgIpc) is 2.88. The molecule has 0 spiro atoms. The van der Waals surface area contributed by atoms with Crippen LogP contribution in [0.3, 0.4) is 0 Å². The fourth-order valence-corrected chi connectivity index (χ4v) is 2.74. The molecule has 110 valence electrons. The molecule has 2 aromatic rings. The molecule has 3 rings (SSSR count). The molecule has 0 aliphatic carbocycles. The van der Waals surface area contributed by atoms with Gasteiger partial charge in [0.2, 0.25) is 0 Å². The van der Waals surface area contributed by atoms with Gasteiger partial charge in [0.15, 0.2) is 0 Å². The summed E-state index contributed by atoms with van der Waals surface area (Å²) < 4.78 is 1.69. The molecule has 0 saturated heterocycles. The highest BCUT2D eigenvalue weighted by molar-refractivity contribution is 6.05. The van der Waals surface area contributed by atoms with Crippen molar-refractivity contribution in [3.05, 3.63) is 46.8 Å². The van der Waals surface area contributed by atoms with Gasteiger partial charge in [-0.3, -0.25) is 9.48 Å². The van der Waals surface area contributed by atoms with Crippen LogP contribution in [0.25, 0.3) is 0 Å². The molecule has 0 saturated carbocycles. The lowest BCUT2D eigenvalue weighted by atomic mass is 10.0. The maximum atomic E-state index is 12.4. The molecule has 1 aromatic heterocycles. The lowest BCUT2D eigenvalue weighted by Gasteiger charge is -2.18. The van der Waals surface area contributed by atoms with Gasteiger partial charge in [0.25, 0.3) is 5.91 Å². The quantitative estimate of drug-likeness (QED) is 0.905. The molecule has 2 heterocycles. The van der Waals surface area contributed by atoms with Crippen molar-refractivity contribution in [3.63, 3.8) is 0 Å². The summed E-state index contributed by atoms with van der Waals surface area (Å²) in [6.45, 7) is 3.89. The van der Waals surface area contributed by atoms with Crippen molar-refractivity contribution in [1.29, 1.82) is 0 Å². The number of hydrogen-bond acceptors (Lipinski definition) is 3. The van der Waals surface area contributed by atoms with Crippen molar-refractivity contribution in [2.45, 2.75) is 26.3 Å². The fourth-order valence-electron chi connectivity index (χ4n) is 2.74. The molecule has 5 heteroatoms. The summed E-state index contributed by atoms with van der Waals surface area (Å²) >= 11 is 0. The Hall–Kier alpha value is -2.14. The van der Waals surface area contributed by atoms with E-state index in [1.807, 2.05) is 20.0 Å². The van der Waals surface area contributed by atoms with Crippen LogP contribution in [0.2, 0.25) is 0 Å². The first kappa shape index (κ1) is 13.8. The highest BCUT2D eigenvalue weighted by atomic mass is 16.1. The minimum Gasteiger partial charge on any atom is -0.322 e. The molecule has 5 nitrogen and oxygen atoms in total. The Morgan fingerprint density at radius 3 is 3.10 bits per heavy atom. The standard InChI is InChI=1S/C16H20N4O/c1-3-15-14(10-20(2)19-15)16(21)18-13-5-4-11-6-7-17-9-12(11)8-13/h4-5,8,10,17H,3,6-7,9H2,1-2H3,(H,18,21). The predicted molar refractivity (Wildman–Crippen MR) is 82.4 cm³/mol. The third kappa shape index (κ3) is 2.83. The van der Waals surface area contributed by atoms with E-state index in [0.717, 1.165) is 37.3 Å². The van der Waals surface area contributed by atoms with Crippen LogP contribution in [0.1, 0.15) is 34.1 Å². The van der Waals surface area contributed by atoms with E-state index in [1.54, 1.807) is 10.9 Å². The first-order valence-electron chi connectivity index (χ1n) is 7.33. The van der Waals surface area contributed by atoms with Crippen molar-refractivity contribution in [2.24, 2.45) is 7.05 Å². The van der Waals surface area contributed by atoms with Crippen LogP contribution < -0.4 is 10.6 Å². The number of hydrogen-bond donors (Lipinski definition) is 2. The minimum absolute atomic E-state index is 0.0938. The topological polar surface area (TPSA) is 59.0 Å². The van der Waals surface area contributed by atoms with Crippen molar-refractivity contribution in [3.8, 4) is 0 Å².